The van der Waals surface area contributed by atoms with Crippen molar-refractivity contribution in [2.24, 2.45) is 5.92 Å². The number of carbonyl (C=O) groups excluding carboxylic acids is 1. The number of hydrogen-bond acceptors (Lipinski definition) is 4. The van der Waals surface area contributed by atoms with Gasteiger partial charge in [-0.25, -0.2) is 13.6 Å². The Kier molecular flexibility index (Phi) is 8.45. The van der Waals surface area contributed by atoms with Crippen LogP contribution in [0.5, 0.6) is 5.75 Å². The number of nitrogens with zero attached hydrogens (tertiary/aromatic N) is 1. The van der Waals surface area contributed by atoms with E-state index in [0.717, 1.165) is 57.5 Å². The van der Waals surface area contributed by atoms with Crippen LogP contribution < -0.4 is 4.74 Å². The van der Waals surface area contributed by atoms with E-state index in [1.807, 2.05) is 12.1 Å². The summed E-state index contributed by atoms with van der Waals surface area (Å²) >= 11 is 0. The average Bonchev–Trinajstić information content (AvgIpc) is 2.89. The molecule has 0 amide bonds. The number of rotatable bonds is 8. The molecule has 0 aromatic heterocycles. The Morgan fingerprint density at radius 3 is 2.17 bits per heavy atom. The van der Waals surface area contributed by atoms with E-state index in [1.54, 1.807) is 36.4 Å². The number of ether oxygens (including phenoxy) is 2. The van der Waals surface area contributed by atoms with Gasteiger partial charge < -0.3 is 9.47 Å². The molecule has 3 aromatic carbocycles. The normalized spacial score (nSPS) is 17.4. The summed E-state index contributed by atoms with van der Waals surface area (Å²) in [7, 11) is 0. The van der Waals surface area contributed by atoms with Crippen LogP contribution in [0.15, 0.2) is 60.7 Å². The summed E-state index contributed by atoms with van der Waals surface area (Å²) < 4.78 is 39.0. The molecule has 1 saturated carbocycles. The zero-order chi connectivity index (χ0) is 25.5. The van der Waals surface area contributed by atoms with Crippen LogP contribution in [-0.4, -0.2) is 19.2 Å². The van der Waals surface area contributed by atoms with Gasteiger partial charge in [-0.3, -0.25) is 0 Å². The average molecular weight is 490 g/mol. The predicted molar refractivity (Wildman–Crippen MR) is 134 cm³/mol. The van der Waals surface area contributed by atoms with E-state index in [0.29, 0.717) is 34.3 Å². The Bertz CT molecular complexity index is 1200. The molecule has 0 N–H and O–H groups in total. The second-order valence-corrected chi connectivity index (χ2v) is 9.26. The van der Waals surface area contributed by atoms with Gasteiger partial charge in [-0.1, -0.05) is 31.2 Å². The minimum atomic E-state index is -0.916. The molecular weight excluding hydrogens is 460 g/mol. The lowest BCUT2D eigenvalue weighted by Crippen LogP contribution is -2.18. The third kappa shape index (κ3) is 6.16. The predicted octanol–water partition coefficient (Wildman–Crippen LogP) is 7.42. The monoisotopic (exact) mass is 489 g/mol. The van der Waals surface area contributed by atoms with Crippen LogP contribution in [0.25, 0.3) is 11.1 Å². The largest absolute Gasteiger partial charge is 0.423 e. The molecule has 0 spiro atoms. The maximum absolute atomic E-state index is 13.9. The van der Waals surface area contributed by atoms with Crippen LogP contribution >= 0.6 is 0 Å². The second-order valence-electron chi connectivity index (χ2n) is 9.26. The van der Waals surface area contributed by atoms with E-state index in [2.05, 4.69) is 6.92 Å². The molecule has 4 nitrogen and oxygen atoms in total. The van der Waals surface area contributed by atoms with Crippen molar-refractivity contribution >= 4 is 5.97 Å². The number of hydrogen-bond donors (Lipinski definition) is 0. The van der Waals surface area contributed by atoms with Crippen molar-refractivity contribution < 1.29 is 23.0 Å². The van der Waals surface area contributed by atoms with Crippen LogP contribution in [0.2, 0.25) is 0 Å². The van der Waals surface area contributed by atoms with Gasteiger partial charge in [0, 0.05) is 13.2 Å². The summed E-state index contributed by atoms with van der Waals surface area (Å²) in [5.74, 6) is -0.834. The molecular formula is C30H29F2NO3. The SMILES string of the molecule is CCCOCC1CCC(c2ccc(C(=O)Oc3ccc(-c4cc(F)c(C#N)c(F)c4)cc3)cc2)CC1. The summed E-state index contributed by atoms with van der Waals surface area (Å²) in [6, 6.07) is 17.7. The van der Waals surface area contributed by atoms with Gasteiger partial charge in [0.25, 0.3) is 0 Å². The number of benzene rings is 3. The molecule has 1 aliphatic rings. The van der Waals surface area contributed by atoms with Crippen LogP contribution in [0.3, 0.4) is 0 Å². The Morgan fingerprint density at radius 1 is 0.944 bits per heavy atom. The fourth-order valence-electron chi connectivity index (χ4n) is 4.68. The molecule has 1 aliphatic carbocycles. The Morgan fingerprint density at radius 2 is 1.58 bits per heavy atom. The highest BCUT2D eigenvalue weighted by molar-refractivity contribution is 5.91. The standard InChI is InChI=1S/C30H29F2NO3/c1-2-15-35-19-20-3-5-21(6-4-20)22-7-9-24(10-8-22)30(34)36-26-13-11-23(12-14-26)25-16-28(31)27(18-33)29(32)17-25/h7-14,16-17,20-21H,2-6,15,19H2,1H3. The van der Waals surface area contributed by atoms with Gasteiger partial charge in [-0.05, 0) is 97.0 Å². The van der Waals surface area contributed by atoms with Crippen LogP contribution in [0.1, 0.15) is 66.4 Å². The molecule has 0 unspecified atom stereocenters. The highest BCUT2D eigenvalue weighted by atomic mass is 19.1. The van der Waals surface area contributed by atoms with E-state index in [1.165, 1.54) is 11.6 Å². The van der Waals surface area contributed by atoms with Crippen molar-refractivity contribution in [2.45, 2.75) is 44.9 Å². The summed E-state index contributed by atoms with van der Waals surface area (Å²) in [5.41, 5.74) is 1.92. The van der Waals surface area contributed by atoms with Crippen LogP contribution in [0, 0.1) is 28.9 Å². The first-order valence-corrected chi connectivity index (χ1v) is 12.4. The molecule has 1 fully saturated rings. The molecule has 0 radical (unpaired) electrons. The molecule has 0 saturated heterocycles. The van der Waals surface area contributed by atoms with Gasteiger partial charge in [0.05, 0.1) is 5.56 Å². The first kappa shape index (κ1) is 25.5. The van der Waals surface area contributed by atoms with Gasteiger partial charge in [-0.15, -0.1) is 0 Å². The lowest BCUT2D eigenvalue weighted by Gasteiger charge is -2.28. The van der Waals surface area contributed by atoms with Crippen molar-refractivity contribution in [1.29, 1.82) is 5.26 Å². The fraction of sp³-hybridized carbons (Fsp3) is 0.333. The molecule has 186 valence electrons. The minimum Gasteiger partial charge on any atom is -0.423 e. The lowest BCUT2D eigenvalue weighted by molar-refractivity contribution is 0.0734. The fourth-order valence-corrected chi connectivity index (χ4v) is 4.68. The molecule has 0 bridgehead atoms. The Labute approximate surface area is 210 Å². The van der Waals surface area contributed by atoms with Gasteiger partial charge >= 0.3 is 5.97 Å². The maximum Gasteiger partial charge on any atom is 0.343 e. The van der Waals surface area contributed by atoms with Crippen molar-refractivity contribution in [3.8, 4) is 22.9 Å². The van der Waals surface area contributed by atoms with E-state index in [4.69, 9.17) is 14.7 Å². The molecule has 0 heterocycles. The first-order chi connectivity index (χ1) is 17.5. The zero-order valence-corrected chi connectivity index (χ0v) is 20.3. The highest BCUT2D eigenvalue weighted by Crippen LogP contribution is 2.36. The smallest absolute Gasteiger partial charge is 0.343 e. The van der Waals surface area contributed by atoms with Gasteiger partial charge in [0.1, 0.15) is 29.0 Å². The van der Waals surface area contributed by atoms with E-state index < -0.39 is 23.2 Å². The summed E-state index contributed by atoms with van der Waals surface area (Å²) in [6.45, 7) is 3.81. The van der Waals surface area contributed by atoms with Gasteiger partial charge in [0.2, 0.25) is 0 Å². The minimum absolute atomic E-state index is 0.292. The summed E-state index contributed by atoms with van der Waals surface area (Å²) in [6.07, 6.45) is 5.63. The molecule has 4 rings (SSSR count). The first-order valence-electron chi connectivity index (χ1n) is 12.4. The zero-order valence-electron chi connectivity index (χ0n) is 20.3. The highest BCUT2D eigenvalue weighted by Gasteiger charge is 2.23. The Balaban J connectivity index is 1.33. The second kappa shape index (κ2) is 11.9. The molecule has 36 heavy (non-hydrogen) atoms. The summed E-state index contributed by atoms with van der Waals surface area (Å²) in [5, 5.41) is 8.82. The quantitative estimate of drug-likeness (QED) is 0.188. The summed E-state index contributed by atoms with van der Waals surface area (Å²) in [4.78, 5) is 12.6. The maximum atomic E-state index is 13.9. The van der Waals surface area contributed by atoms with Crippen molar-refractivity contribution in [2.75, 3.05) is 13.2 Å². The van der Waals surface area contributed by atoms with Crippen LogP contribution in [-0.2, 0) is 4.74 Å². The third-order valence-electron chi connectivity index (χ3n) is 6.72. The van der Waals surface area contributed by atoms with Crippen molar-refractivity contribution in [3.63, 3.8) is 0 Å². The molecule has 3 aromatic rings. The number of esters is 1. The number of carbonyl (C=O) groups is 1. The van der Waals surface area contributed by atoms with E-state index >= 15 is 0 Å². The van der Waals surface area contributed by atoms with Gasteiger partial charge in [0.15, 0.2) is 0 Å². The Hall–Kier alpha value is -3.56. The number of nitriles is 1. The van der Waals surface area contributed by atoms with E-state index in [-0.39, 0.29) is 0 Å². The number of halogens is 2. The van der Waals surface area contributed by atoms with E-state index in [9.17, 15) is 13.6 Å². The lowest BCUT2D eigenvalue weighted by atomic mass is 9.79. The van der Waals surface area contributed by atoms with Gasteiger partial charge in [-0.2, -0.15) is 5.26 Å². The molecule has 0 atom stereocenters. The third-order valence-corrected chi connectivity index (χ3v) is 6.72. The van der Waals surface area contributed by atoms with Crippen LogP contribution in [0.4, 0.5) is 8.78 Å². The van der Waals surface area contributed by atoms with Crippen molar-refractivity contribution in [1.82, 2.24) is 0 Å². The van der Waals surface area contributed by atoms with Crippen molar-refractivity contribution in [3.05, 3.63) is 89.0 Å². The molecule has 6 heteroatoms. The topological polar surface area (TPSA) is 59.3 Å². The molecule has 0 aliphatic heterocycles.